The van der Waals surface area contributed by atoms with Crippen LogP contribution < -0.4 is 5.56 Å². The van der Waals surface area contributed by atoms with Crippen molar-refractivity contribution in [2.75, 3.05) is 26.9 Å². The lowest BCUT2D eigenvalue weighted by Crippen LogP contribution is -2.37. The van der Waals surface area contributed by atoms with E-state index in [2.05, 4.69) is 4.98 Å². The van der Waals surface area contributed by atoms with E-state index in [9.17, 15) is 14.4 Å². The Labute approximate surface area is 173 Å². The van der Waals surface area contributed by atoms with Gasteiger partial charge in [0.25, 0.3) is 11.5 Å². The molecule has 0 aliphatic rings. The molecule has 2 aromatic carbocycles. The minimum absolute atomic E-state index is 0.319. The Kier molecular flexibility index (Phi) is 7.29. The number of aromatic nitrogens is 2. The molecule has 0 aliphatic carbocycles. The molecule has 1 aromatic heterocycles. The highest BCUT2D eigenvalue weighted by Crippen LogP contribution is 2.06. The Morgan fingerprint density at radius 1 is 1.07 bits per heavy atom. The van der Waals surface area contributed by atoms with Crippen LogP contribution in [0.15, 0.2) is 65.7 Å². The molecule has 0 spiro atoms. The number of carbonyl (C=O) groups excluding carboxylic acids is 2. The van der Waals surface area contributed by atoms with E-state index < -0.39 is 12.6 Å². The van der Waals surface area contributed by atoms with Crippen molar-refractivity contribution in [3.63, 3.8) is 0 Å². The van der Waals surface area contributed by atoms with Crippen molar-refractivity contribution in [3.8, 4) is 0 Å². The number of nitrogens with zero attached hydrogens (tertiary/aromatic N) is 3. The summed E-state index contributed by atoms with van der Waals surface area (Å²) in [7, 11) is 1.56. The lowest BCUT2D eigenvalue weighted by molar-refractivity contribution is -0.153. The maximum absolute atomic E-state index is 12.6. The first-order valence-electron chi connectivity index (χ1n) is 9.49. The highest BCUT2D eigenvalue weighted by molar-refractivity contribution is 5.81. The van der Waals surface area contributed by atoms with E-state index in [-0.39, 0.29) is 18.0 Å². The molecule has 1 amide bonds. The lowest BCUT2D eigenvalue weighted by Gasteiger charge is -2.22. The van der Waals surface area contributed by atoms with Crippen LogP contribution in [-0.2, 0) is 32.2 Å². The number of rotatable bonds is 9. The lowest BCUT2D eigenvalue weighted by atomic mass is 10.2. The number of fused-ring (bicyclic) bond motifs is 1. The molecule has 0 unspecified atom stereocenters. The first-order chi connectivity index (χ1) is 14.6. The van der Waals surface area contributed by atoms with Gasteiger partial charge in [-0.15, -0.1) is 0 Å². The maximum atomic E-state index is 12.6. The summed E-state index contributed by atoms with van der Waals surface area (Å²) in [4.78, 5) is 42.9. The van der Waals surface area contributed by atoms with Crippen molar-refractivity contribution >= 4 is 22.8 Å². The Morgan fingerprint density at radius 3 is 2.57 bits per heavy atom. The van der Waals surface area contributed by atoms with Gasteiger partial charge in [-0.1, -0.05) is 42.5 Å². The minimum atomic E-state index is -0.686. The van der Waals surface area contributed by atoms with Crippen LogP contribution in [0, 0.1) is 0 Å². The van der Waals surface area contributed by atoms with Gasteiger partial charge < -0.3 is 14.4 Å². The van der Waals surface area contributed by atoms with Gasteiger partial charge in [0.15, 0.2) is 6.61 Å². The smallest absolute Gasteiger partial charge is 0.326 e. The SMILES string of the molecule is COCCN(Cc1ccccc1)C(=O)COC(=O)Cn1cnc2ccccc2c1=O. The van der Waals surface area contributed by atoms with E-state index in [0.717, 1.165) is 5.56 Å². The molecule has 3 rings (SSSR count). The monoisotopic (exact) mass is 409 g/mol. The van der Waals surface area contributed by atoms with Gasteiger partial charge >= 0.3 is 5.97 Å². The van der Waals surface area contributed by atoms with Gasteiger partial charge in [0.1, 0.15) is 6.54 Å². The summed E-state index contributed by atoms with van der Waals surface area (Å²) in [5, 5.41) is 0.414. The molecule has 1 heterocycles. The number of hydrogen-bond acceptors (Lipinski definition) is 6. The number of hydrogen-bond donors (Lipinski definition) is 0. The van der Waals surface area contributed by atoms with Gasteiger partial charge in [-0.05, 0) is 17.7 Å². The second kappa shape index (κ2) is 10.3. The van der Waals surface area contributed by atoms with E-state index in [4.69, 9.17) is 9.47 Å². The van der Waals surface area contributed by atoms with Gasteiger partial charge in [0, 0.05) is 20.2 Å². The van der Waals surface area contributed by atoms with Crippen LogP contribution in [0.4, 0.5) is 0 Å². The number of para-hydroxylation sites is 1. The van der Waals surface area contributed by atoms with Gasteiger partial charge in [-0.2, -0.15) is 0 Å². The molecule has 156 valence electrons. The van der Waals surface area contributed by atoms with E-state index in [1.165, 1.54) is 10.9 Å². The third-order valence-corrected chi connectivity index (χ3v) is 4.52. The predicted molar refractivity (Wildman–Crippen MR) is 111 cm³/mol. The summed E-state index contributed by atoms with van der Waals surface area (Å²) in [6.07, 6.45) is 1.30. The quantitative estimate of drug-likeness (QED) is 0.499. The van der Waals surface area contributed by atoms with Crippen molar-refractivity contribution in [3.05, 3.63) is 76.8 Å². The second-order valence-corrected chi connectivity index (χ2v) is 6.65. The first-order valence-corrected chi connectivity index (χ1v) is 9.49. The van der Waals surface area contributed by atoms with Gasteiger partial charge in [-0.25, -0.2) is 4.98 Å². The van der Waals surface area contributed by atoms with Crippen molar-refractivity contribution in [1.82, 2.24) is 14.5 Å². The van der Waals surface area contributed by atoms with E-state index in [0.29, 0.717) is 30.6 Å². The molecule has 0 saturated carbocycles. The summed E-state index contributed by atoms with van der Waals surface area (Å²) in [5.74, 6) is -1.03. The number of carbonyl (C=O) groups is 2. The Hall–Kier alpha value is -3.52. The zero-order valence-corrected chi connectivity index (χ0v) is 16.7. The van der Waals surface area contributed by atoms with Crippen LogP contribution in [0.25, 0.3) is 10.9 Å². The van der Waals surface area contributed by atoms with Crippen LogP contribution in [0.2, 0.25) is 0 Å². The summed E-state index contributed by atoms with van der Waals surface area (Å²) in [6.45, 7) is 0.390. The maximum Gasteiger partial charge on any atom is 0.326 e. The molecule has 0 N–H and O–H groups in total. The van der Waals surface area contributed by atoms with Gasteiger partial charge in [0.05, 0.1) is 23.8 Å². The third kappa shape index (κ3) is 5.51. The fourth-order valence-corrected chi connectivity index (χ4v) is 2.93. The Morgan fingerprint density at radius 2 is 1.80 bits per heavy atom. The summed E-state index contributed by atoms with van der Waals surface area (Å²) >= 11 is 0. The number of methoxy groups -OCH3 is 1. The molecule has 30 heavy (non-hydrogen) atoms. The molecule has 0 radical (unpaired) electrons. The molecule has 0 aliphatic heterocycles. The van der Waals surface area contributed by atoms with Crippen LogP contribution in [0.3, 0.4) is 0 Å². The number of ether oxygens (including phenoxy) is 2. The number of amides is 1. The van der Waals surface area contributed by atoms with Crippen LogP contribution >= 0.6 is 0 Å². The number of benzene rings is 2. The normalized spacial score (nSPS) is 10.7. The van der Waals surface area contributed by atoms with Crippen molar-refractivity contribution in [2.45, 2.75) is 13.1 Å². The predicted octanol–water partition coefficient (Wildman–Crippen LogP) is 1.61. The fourth-order valence-electron chi connectivity index (χ4n) is 2.93. The topological polar surface area (TPSA) is 90.7 Å². The molecule has 0 bridgehead atoms. The highest BCUT2D eigenvalue weighted by atomic mass is 16.5. The van der Waals surface area contributed by atoms with Crippen molar-refractivity contribution in [2.24, 2.45) is 0 Å². The molecule has 8 heteroatoms. The number of esters is 1. The summed E-state index contributed by atoms with van der Waals surface area (Å²) in [6, 6.07) is 16.4. The van der Waals surface area contributed by atoms with Crippen molar-refractivity contribution < 1.29 is 19.1 Å². The summed E-state index contributed by atoms with van der Waals surface area (Å²) in [5.41, 5.74) is 1.17. The van der Waals surface area contributed by atoms with Crippen molar-refractivity contribution in [1.29, 1.82) is 0 Å². The zero-order valence-electron chi connectivity index (χ0n) is 16.7. The zero-order chi connectivity index (χ0) is 21.3. The van der Waals surface area contributed by atoms with E-state index in [1.54, 1.807) is 36.3 Å². The molecule has 0 saturated heterocycles. The first kappa shape index (κ1) is 21.2. The average Bonchev–Trinajstić information content (AvgIpc) is 2.77. The molecular formula is C22H23N3O5. The van der Waals surface area contributed by atoms with E-state index in [1.807, 2.05) is 30.3 Å². The molecule has 3 aromatic rings. The second-order valence-electron chi connectivity index (χ2n) is 6.65. The van der Waals surface area contributed by atoms with Gasteiger partial charge in [0.2, 0.25) is 0 Å². The molecule has 8 nitrogen and oxygen atoms in total. The fraction of sp³-hybridized carbons (Fsp3) is 0.273. The Bertz CT molecular complexity index is 1070. The average molecular weight is 409 g/mol. The van der Waals surface area contributed by atoms with Crippen LogP contribution in [0.5, 0.6) is 0 Å². The minimum Gasteiger partial charge on any atom is -0.454 e. The molecular weight excluding hydrogens is 386 g/mol. The molecule has 0 fully saturated rings. The van der Waals surface area contributed by atoms with Gasteiger partial charge in [-0.3, -0.25) is 19.0 Å². The third-order valence-electron chi connectivity index (χ3n) is 4.52. The standard InChI is InChI=1S/C22H23N3O5/c1-29-12-11-24(13-17-7-3-2-4-8-17)20(26)15-30-21(27)14-25-16-23-19-10-6-5-9-18(19)22(25)28/h2-10,16H,11-15H2,1H3. The van der Waals surface area contributed by atoms with Crippen LogP contribution in [-0.4, -0.2) is 53.2 Å². The van der Waals surface area contributed by atoms with Crippen LogP contribution in [0.1, 0.15) is 5.56 Å². The Balaban J connectivity index is 1.60. The highest BCUT2D eigenvalue weighted by Gasteiger charge is 2.17. The van der Waals surface area contributed by atoms with E-state index >= 15 is 0 Å². The molecule has 0 atom stereocenters. The largest absolute Gasteiger partial charge is 0.454 e. The summed E-state index contributed by atoms with van der Waals surface area (Å²) < 4.78 is 11.3.